The van der Waals surface area contributed by atoms with Gasteiger partial charge in [-0.25, -0.2) is 9.37 Å². The predicted molar refractivity (Wildman–Crippen MR) is 66.6 cm³/mol. The van der Waals surface area contributed by atoms with E-state index in [4.69, 9.17) is 0 Å². The van der Waals surface area contributed by atoms with E-state index >= 15 is 0 Å². The summed E-state index contributed by atoms with van der Waals surface area (Å²) in [5, 5.41) is 6.07. The molecule has 2 aromatic rings. The van der Waals surface area contributed by atoms with Gasteiger partial charge in [0.2, 0.25) is 0 Å². The molecule has 0 saturated heterocycles. The van der Waals surface area contributed by atoms with E-state index < -0.39 is 0 Å². The number of thiazole rings is 1. The van der Waals surface area contributed by atoms with Gasteiger partial charge in [0.25, 0.3) is 0 Å². The number of aromatic nitrogens is 2. The van der Waals surface area contributed by atoms with Gasteiger partial charge in [0.15, 0.2) is 0 Å². The Morgan fingerprint density at radius 2 is 2.35 bits per heavy atom. The van der Waals surface area contributed by atoms with Crippen LogP contribution in [0.15, 0.2) is 23.7 Å². The molecule has 0 saturated carbocycles. The van der Waals surface area contributed by atoms with Crippen LogP contribution in [0.2, 0.25) is 0 Å². The minimum atomic E-state index is -0.278. The van der Waals surface area contributed by atoms with Gasteiger partial charge >= 0.3 is 0 Å². The van der Waals surface area contributed by atoms with Crippen LogP contribution in [0, 0.1) is 12.7 Å². The zero-order valence-electron chi connectivity index (χ0n) is 9.77. The quantitative estimate of drug-likeness (QED) is 0.907. The molecule has 3 nitrogen and oxygen atoms in total. The monoisotopic (exact) mass is 251 g/mol. The Bertz CT molecular complexity index is 498. The Morgan fingerprint density at radius 1 is 1.53 bits per heavy atom. The first-order valence-electron chi connectivity index (χ1n) is 5.39. The smallest absolute Gasteiger partial charge is 0.146 e. The highest BCUT2D eigenvalue weighted by Gasteiger charge is 2.17. The molecule has 0 fully saturated rings. The van der Waals surface area contributed by atoms with Gasteiger partial charge in [-0.05, 0) is 26.1 Å². The standard InChI is InChI=1S/C12H14FN3S/c1-8-7-17-11(16-8)6-10(14-2)12-9(13)4-3-5-15-12/h3-5,7,10,14H,6H2,1-2H3. The molecule has 2 rings (SSSR count). The largest absolute Gasteiger partial charge is 0.311 e. The molecular weight excluding hydrogens is 237 g/mol. The lowest BCUT2D eigenvalue weighted by Gasteiger charge is -2.14. The fraction of sp³-hybridized carbons (Fsp3) is 0.333. The molecule has 0 aliphatic carbocycles. The molecule has 0 aliphatic rings. The maximum absolute atomic E-state index is 13.6. The van der Waals surface area contributed by atoms with Crippen LogP contribution >= 0.6 is 11.3 Å². The molecular formula is C12H14FN3S. The molecule has 0 spiro atoms. The Hall–Kier alpha value is -1.33. The van der Waals surface area contributed by atoms with E-state index in [2.05, 4.69) is 15.3 Å². The van der Waals surface area contributed by atoms with Gasteiger partial charge in [0.1, 0.15) is 5.82 Å². The molecule has 1 atom stereocenters. The van der Waals surface area contributed by atoms with Crippen molar-refractivity contribution in [3.63, 3.8) is 0 Å². The van der Waals surface area contributed by atoms with E-state index in [9.17, 15) is 4.39 Å². The highest BCUT2D eigenvalue weighted by atomic mass is 32.1. The summed E-state index contributed by atoms with van der Waals surface area (Å²) in [5.41, 5.74) is 1.45. The maximum atomic E-state index is 13.6. The molecule has 0 aromatic carbocycles. The van der Waals surface area contributed by atoms with Gasteiger partial charge in [-0.2, -0.15) is 0 Å². The van der Waals surface area contributed by atoms with Crippen LogP contribution < -0.4 is 5.32 Å². The molecule has 90 valence electrons. The summed E-state index contributed by atoms with van der Waals surface area (Å²) in [6, 6.07) is 2.89. The van der Waals surface area contributed by atoms with Crippen LogP contribution in [0.3, 0.4) is 0 Å². The first kappa shape index (κ1) is 12.1. The lowest BCUT2D eigenvalue weighted by molar-refractivity contribution is 0.516. The minimum Gasteiger partial charge on any atom is -0.311 e. The van der Waals surface area contributed by atoms with Crippen molar-refractivity contribution in [2.75, 3.05) is 7.05 Å². The van der Waals surface area contributed by atoms with Crippen LogP contribution in [0.4, 0.5) is 4.39 Å². The van der Waals surface area contributed by atoms with Crippen LogP contribution in [0.5, 0.6) is 0 Å². The molecule has 0 amide bonds. The van der Waals surface area contributed by atoms with E-state index in [0.29, 0.717) is 12.1 Å². The third kappa shape index (κ3) is 2.87. The Morgan fingerprint density at radius 3 is 2.94 bits per heavy atom. The van der Waals surface area contributed by atoms with Gasteiger partial charge in [0, 0.05) is 23.7 Å². The van der Waals surface area contributed by atoms with E-state index in [1.165, 1.54) is 6.07 Å². The molecule has 0 radical (unpaired) electrons. The Kier molecular flexibility index (Phi) is 3.81. The summed E-state index contributed by atoms with van der Waals surface area (Å²) >= 11 is 1.59. The highest BCUT2D eigenvalue weighted by Crippen LogP contribution is 2.20. The van der Waals surface area contributed by atoms with E-state index in [0.717, 1.165) is 10.7 Å². The normalized spacial score (nSPS) is 12.6. The van der Waals surface area contributed by atoms with Crippen molar-refractivity contribution in [2.45, 2.75) is 19.4 Å². The zero-order chi connectivity index (χ0) is 12.3. The molecule has 2 aromatic heterocycles. The number of nitrogens with one attached hydrogen (secondary N) is 1. The number of aryl methyl sites for hydroxylation is 1. The molecule has 1 unspecified atom stereocenters. The number of likely N-dealkylation sites (N-methyl/N-ethyl adjacent to an activating group) is 1. The lowest BCUT2D eigenvalue weighted by atomic mass is 10.1. The van der Waals surface area contributed by atoms with Crippen LogP contribution in [-0.2, 0) is 6.42 Å². The van der Waals surface area contributed by atoms with Crippen LogP contribution in [-0.4, -0.2) is 17.0 Å². The van der Waals surface area contributed by atoms with Gasteiger partial charge in [-0.3, -0.25) is 4.98 Å². The van der Waals surface area contributed by atoms with E-state index in [-0.39, 0.29) is 11.9 Å². The number of hydrogen-bond donors (Lipinski definition) is 1. The zero-order valence-corrected chi connectivity index (χ0v) is 10.6. The Labute approximate surface area is 104 Å². The molecule has 5 heteroatoms. The fourth-order valence-electron chi connectivity index (χ4n) is 1.66. The van der Waals surface area contributed by atoms with Crippen molar-refractivity contribution in [1.29, 1.82) is 0 Å². The van der Waals surface area contributed by atoms with Crippen molar-refractivity contribution in [3.8, 4) is 0 Å². The van der Waals surface area contributed by atoms with Crippen molar-refractivity contribution in [1.82, 2.24) is 15.3 Å². The summed E-state index contributed by atoms with van der Waals surface area (Å²) in [5.74, 6) is -0.278. The number of rotatable bonds is 4. The number of halogens is 1. The molecule has 17 heavy (non-hydrogen) atoms. The van der Waals surface area contributed by atoms with Crippen LogP contribution in [0.25, 0.3) is 0 Å². The first-order valence-corrected chi connectivity index (χ1v) is 6.27. The lowest BCUT2D eigenvalue weighted by Crippen LogP contribution is -2.21. The average molecular weight is 251 g/mol. The summed E-state index contributed by atoms with van der Waals surface area (Å²) in [6.07, 6.45) is 2.26. The third-order valence-corrected chi connectivity index (χ3v) is 3.50. The van der Waals surface area contributed by atoms with Crippen molar-refractivity contribution < 1.29 is 4.39 Å². The van der Waals surface area contributed by atoms with Crippen molar-refractivity contribution in [3.05, 3.63) is 45.9 Å². The van der Waals surface area contributed by atoms with Gasteiger partial charge in [-0.1, -0.05) is 0 Å². The van der Waals surface area contributed by atoms with Gasteiger partial charge in [-0.15, -0.1) is 11.3 Å². The van der Waals surface area contributed by atoms with E-state index in [1.807, 2.05) is 12.3 Å². The maximum Gasteiger partial charge on any atom is 0.146 e. The Balaban J connectivity index is 2.20. The second kappa shape index (κ2) is 5.33. The second-order valence-electron chi connectivity index (χ2n) is 3.80. The third-order valence-electron chi connectivity index (χ3n) is 2.51. The van der Waals surface area contributed by atoms with Crippen molar-refractivity contribution >= 4 is 11.3 Å². The number of hydrogen-bond acceptors (Lipinski definition) is 4. The average Bonchev–Trinajstić information content (AvgIpc) is 2.73. The number of pyridine rings is 1. The number of nitrogens with zero attached hydrogens (tertiary/aromatic N) is 2. The summed E-state index contributed by atoms with van der Waals surface area (Å²) < 4.78 is 13.6. The summed E-state index contributed by atoms with van der Waals surface area (Å²) in [6.45, 7) is 1.95. The minimum absolute atomic E-state index is 0.137. The molecule has 1 N–H and O–H groups in total. The van der Waals surface area contributed by atoms with Crippen LogP contribution in [0.1, 0.15) is 22.4 Å². The van der Waals surface area contributed by atoms with Crippen molar-refractivity contribution in [2.24, 2.45) is 0 Å². The molecule has 2 heterocycles. The second-order valence-corrected chi connectivity index (χ2v) is 4.74. The highest BCUT2D eigenvalue weighted by molar-refractivity contribution is 7.09. The predicted octanol–water partition coefficient (Wildman–Crippen LogP) is 2.49. The van der Waals surface area contributed by atoms with Gasteiger partial charge < -0.3 is 5.32 Å². The summed E-state index contributed by atoms with van der Waals surface area (Å²) in [4.78, 5) is 8.47. The van der Waals surface area contributed by atoms with E-state index in [1.54, 1.807) is 30.6 Å². The summed E-state index contributed by atoms with van der Waals surface area (Å²) in [7, 11) is 1.80. The molecule has 0 aliphatic heterocycles. The van der Waals surface area contributed by atoms with Gasteiger partial charge in [0.05, 0.1) is 16.7 Å². The topological polar surface area (TPSA) is 37.8 Å². The SMILES string of the molecule is CNC(Cc1nc(C)cs1)c1ncccc1F. The fourth-order valence-corrected chi connectivity index (χ4v) is 2.48. The first-order chi connectivity index (χ1) is 8.20. The molecule has 0 bridgehead atoms.